The number of benzene rings is 2. The van der Waals surface area contributed by atoms with Crippen LogP contribution in [0.25, 0.3) is 6.08 Å². The highest BCUT2D eigenvalue weighted by Gasteiger charge is 2.27. The monoisotopic (exact) mass is 481 g/mol. The van der Waals surface area contributed by atoms with Crippen LogP contribution in [0.5, 0.6) is 11.5 Å². The van der Waals surface area contributed by atoms with Crippen molar-refractivity contribution in [3.05, 3.63) is 59.2 Å². The fourth-order valence-corrected chi connectivity index (χ4v) is 3.63. The minimum Gasteiger partial charge on any atom is -0.496 e. The molecule has 0 aliphatic rings. The second-order valence-corrected chi connectivity index (χ2v) is 8.98. The Bertz CT molecular complexity index is 1030. The van der Waals surface area contributed by atoms with E-state index in [0.717, 1.165) is 25.0 Å². The second kappa shape index (κ2) is 13.6. The van der Waals surface area contributed by atoms with E-state index < -0.39 is 11.4 Å². The zero-order chi connectivity index (χ0) is 25.8. The Morgan fingerprint density at radius 1 is 1.00 bits per heavy atom. The number of hydrogen-bond acceptors (Lipinski definition) is 5. The minimum atomic E-state index is -0.571. The molecular formula is C29H39NO5. The molecule has 2 rings (SSSR count). The highest BCUT2D eigenvalue weighted by molar-refractivity contribution is 5.95. The zero-order valence-corrected chi connectivity index (χ0v) is 21.9. The molecule has 1 N–H and O–H groups in total. The van der Waals surface area contributed by atoms with Crippen molar-refractivity contribution in [3.8, 4) is 11.5 Å². The number of carbonyl (C=O) groups is 2. The Kier molecular flexibility index (Phi) is 10.8. The van der Waals surface area contributed by atoms with Crippen LogP contribution in [-0.2, 0) is 27.2 Å². The first-order chi connectivity index (χ1) is 16.7. The van der Waals surface area contributed by atoms with Crippen LogP contribution in [0.15, 0.2) is 42.5 Å². The van der Waals surface area contributed by atoms with E-state index in [0.29, 0.717) is 36.6 Å². The smallest absolute Gasteiger partial charge is 0.330 e. The third kappa shape index (κ3) is 8.46. The van der Waals surface area contributed by atoms with Crippen LogP contribution in [0.2, 0.25) is 0 Å². The largest absolute Gasteiger partial charge is 0.496 e. The molecule has 0 heterocycles. The van der Waals surface area contributed by atoms with Gasteiger partial charge in [0.1, 0.15) is 11.5 Å². The highest BCUT2D eigenvalue weighted by atomic mass is 16.5. The van der Waals surface area contributed by atoms with E-state index in [-0.39, 0.29) is 5.91 Å². The maximum Gasteiger partial charge on any atom is 0.330 e. The molecule has 0 spiro atoms. The zero-order valence-electron chi connectivity index (χ0n) is 21.9. The van der Waals surface area contributed by atoms with Gasteiger partial charge in [-0.3, -0.25) is 4.79 Å². The molecule has 6 heteroatoms. The first-order valence-corrected chi connectivity index (χ1v) is 12.3. The van der Waals surface area contributed by atoms with Gasteiger partial charge in [0.25, 0.3) is 0 Å². The summed E-state index contributed by atoms with van der Waals surface area (Å²) in [5.41, 5.74) is 3.24. The standard InChI is InChI=1S/C29H39NO5/c1-7-21-11-12-22(8-2)26(19-21)35-18-10-17-29(4,5)28(32)30-24-15-13-23(25(20-24)33-6)14-16-27(31)34-9-3/h11-16,19-20H,7-10,17-18H2,1-6H3,(H,30,32). The predicted octanol–water partition coefficient (Wildman–Crippen LogP) is 6.22. The Labute approximate surface area is 209 Å². The van der Waals surface area contributed by atoms with Crippen molar-refractivity contribution in [1.29, 1.82) is 0 Å². The normalized spacial score (nSPS) is 11.4. The molecule has 0 fully saturated rings. The number of ether oxygens (including phenoxy) is 3. The van der Waals surface area contributed by atoms with Gasteiger partial charge in [-0.2, -0.15) is 0 Å². The van der Waals surface area contributed by atoms with Crippen LogP contribution in [0.1, 0.15) is 64.2 Å². The summed E-state index contributed by atoms with van der Waals surface area (Å²) in [7, 11) is 1.55. The number of carbonyl (C=O) groups excluding carboxylic acids is 2. The lowest BCUT2D eigenvalue weighted by Gasteiger charge is -2.24. The molecule has 2 aromatic rings. The molecule has 0 aliphatic carbocycles. The summed E-state index contributed by atoms with van der Waals surface area (Å²) in [6, 6.07) is 11.7. The topological polar surface area (TPSA) is 73.9 Å². The van der Waals surface area contributed by atoms with Crippen molar-refractivity contribution < 1.29 is 23.8 Å². The van der Waals surface area contributed by atoms with Gasteiger partial charge >= 0.3 is 5.97 Å². The summed E-state index contributed by atoms with van der Waals surface area (Å²) in [5.74, 6) is 1.01. The molecule has 0 atom stereocenters. The van der Waals surface area contributed by atoms with Crippen molar-refractivity contribution in [2.75, 3.05) is 25.6 Å². The van der Waals surface area contributed by atoms with E-state index in [9.17, 15) is 9.59 Å². The van der Waals surface area contributed by atoms with Gasteiger partial charge in [-0.1, -0.05) is 39.8 Å². The quantitative estimate of drug-likeness (QED) is 0.209. The van der Waals surface area contributed by atoms with Gasteiger partial charge in [-0.15, -0.1) is 0 Å². The lowest BCUT2D eigenvalue weighted by molar-refractivity contribution is -0.137. The van der Waals surface area contributed by atoms with E-state index in [1.54, 1.807) is 38.3 Å². The lowest BCUT2D eigenvalue weighted by atomic mass is 9.87. The summed E-state index contributed by atoms with van der Waals surface area (Å²) in [5, 5.41) is 2.99. The number of hydrogen-bond donors (Lipinski definition) is 1. The number of amides is 1. The maximum atomic E-state index is 13.0. The van der Waals surface area contributed by atoms with Crippen molar-refractivity contribution in [2.24, 2.45) is 5.41 Å². The predicted molar refractivity (Wildman–Crippen MR) is 141 cm³/mol. The Hall–Kier alpha value is -3.28. The Morgan fingerprint density at radius 2 is 1.77 bits per heavy atom. The molecule has 0 aromatic heterocycles. The van der Waals surface area contributed by atoms with Crippen molar-refractivity contribution in [3.63, 3.8) is 0 Å². The summed E-state index contributed by atoms with van der Waals surface area (Å²) < 4.78 is 16.4. The molecular weight excluding hydrogens is 442 g/mol. The molecule has 6 nitrogen and oxygen atoms in total. The number of anilines is 1. The molecule has 190 valence electrons. The average Bonchev–Trinajstić information content (AvgIpc) is 2.85. The fraction of sp³-hybridized carbons (Fsp3) is 0.448. The first kappa shape index (κ1) is 28.0. The molecule has 35 heavy (non-hydrogen) atoms. The number of rotatable bonds is 13. The molecule has 0 saturated carbocycles. The third-order valence-corrected chi connectivity index (χ3v) is 5.92. The van der Waals surface area contributed by atoms with Gasteiger partial charge in [-0.05, 0) is 68.0 Å². The molecule has 0 saturated heterocycles. The van der Waals surface area contributed by atoms with Crippen molar-refractivity contribution in [2.45, 2.75) is 60.3 Å². The maximum absolute atomic E-state index is 13.0. The van der Waals surface area contributed by atoms with Crippen molar-refractivity contribution >= 4 is 23.6 Å². The molecule has 0 bridgehead atoms. The van der Waals surface area contributed by atoms with E-state index >= 15 is 0 Å². The van der Waals surface area contributed by atoms with E-state index in [1.807, 2.05) is 13.8 Å². The molecule has 0 unspecified atom stereocenters. The fourth-order valence-electron chi connectivity index (χ4n) is 3.63. The number of aryl methyl sites for hydroxylation is 2. The van der Waals surface area contributed by atoms with E-state index in [2.05, 4.69) is 37.4 Å². The summed E-state index contributed by atoms with van der Waals surface area (Å²) in [6.07, 6.45) is 6.33. The van der Waals surface area contributed by atoms with Crippen molar-refractivity contribution in [1.82, 2.24) is 0 Å². The Morgan fingerprint density at radius 3 is 2.43 bits per heavy atom. The number of methoxy groups -OCH3 is 1. The van der Waals surface area contributed by atoms with Gasteiger partial charge < -0.3 is 19.5 Å². The van der Waals surface area contributed by atoms with Crippen LogP contribution >= 0.6 is 0 Å². The summed E-state index contributed by atoms with van der Waals surface area (Å²) in [4.78, 5) is 24.6. The van der Waals surface area contributed by atoms with Gasteiger partial charge in [0.05, 0.1) is 20.3 Å². The van der Waals surface area contributed by atoms with Crippen LogP contribution in [-0.4, -0.2) is 32.2 Å². The molecule has 1 amide bonds. The first-order valence-electron chi connectivity index (χ1n) is 12.3. The highest BCUT2D eigenvalue weighted by Crippen LogP contribution is 2.29. The van der Waals surface area contributed by atoms with Crippen LogP contribution in [0.3, 0.4) is 0 Å². The number of nitrogens with one attached hydrogen (secondary N) is 1. The third-order valence-electron chi connectivity index (χ3n) is 5.92. The summed E-state index contributed by atoms with van der Waals surface area (Å²) >= 11 is 0. The van der Waals surface area contributed by atoms with Gasteiger partial charge in [0.2, 0.25) is 5.91 Å². The summed E-state index contributed by atoms with van der Waals surface area (Å²) in [6.45, 7) is 10.8. The molecule has 2 aromatic carbocycles. The van der Waals surface area contributed by atoms with Gasteiger partial charge in [-0.25, -0.2) is 4.79 Å². The lowest BCUT2D eigenvalue weighted by Crippen LogP contribution is -2.31. The van der Waals surface area contributed by atoms with Crippen LogP contribution < -0.4 is 14.8 Å². The van der Waals surface area contributed by atoms with Crippen LogP contribution in [0.4, 0.5) is 5.69 Å². The SMILES string of the molecule is CCOC(=O)C=Cc1ccc(NC(=O)C(C)(C)CCCOc2cc(CC)ccc2CC)cc1OC. The van der Waals surface area contributed by atoms with E-state index in [1.165, 1.54) is 17.2 Å². The molecule has 0 radical (unpaired) electrons. The second-order valence-electron chi connectivity index (χ2n) is 8.98. The minimum absolute atomic E-state index is 0.0726. The van der Waals surface area contributed by atoms with Crippen LogP contribution in [0, 0.1) is 5.41 Å². The van der Waals surface area contributed by atoms with E-state index in [4.69, 9.17) is 14.2 Å². The number of esters is 1. The van der Waals surface area contributed by atoms with Gasteiger partial charge in [0, 0.05) is 28.8 Å². The van der Waals surface area contributed by atoms with Gasteiger partial charge in [0.15, 0.2) is 0 Å². The Balaban J connectivity index is 1.95. The molecule has 0 aliphatic heterocycles. The average molecular weight is 482 g/mol.